The average molecular weight is 352 g/mol. The first-order valence-electron chi connectivity index (χ1n) is 7.80. The van der Waals surface area contributed by atoms with Crippen molar-refractivity contribution in [3.8, 4) is 28.4 Å². The molecule has 0 spiro atoms. The molecule has 130 valence electrons. The maximum absolute atomic E-state index is 13.9. The van der Waals surface area contributed by atoms with E-state index >= 15 is 0 Å². The minimum atomic E-state index is -0.675. The van der Waals surface area contributed by atoms with Gasteiger partial charge in [-0.05, 0) is 30.3 Å². The van der Waals surface area contributed by atoms with Crippen molar-refractivity contribution >= 4 is 16.7 Å². The van der Waals surface area contributed by atoms with Crippen molar-refractivity contribution in [1.82, 2.24) is 15.0 Å². The van der Waals surface area contributed by atoms with Crippen LogP contribution in [0.5, 0.6) is 5.75 Å². The number of hydrogen-bond donors (Lipinski definition) is 2. The Morgan fingerprint density at radius 1 is 1.04 bits per heavy atom. The van der Waals surface area contributed by atoms with Gasteiger partial charge in [0.1, 0.15) is 23.2 Å². The highest BCUT2D eigenvalue weighted by atomic mass is 19.1. The topological polar surface area (TPSA) is 76.8 Å². The minimum absolute atomic E-state index is 0.193. The Hall–Kier alpha value is -3.48. The molecule has 0 unspecified atom stereocenters. The molecular formula is C19H14F2N4O. The van der Waals surface area contributed by atoms with Crippen LogP contribution in [-0.2, 0) is 0 Å². The number of ether oxygens (including phenoxy) is 1. The van der Waals surface area contributed by atoms with Crippen LogP contribution in [0.4, 0.5) is 14.6 Å². The van der Waals surface area contributed by atoms with Gasteiger partial charge in [-0.1, -0.05) is 0 Å². The summed E-state index contributed by atoms with van der Waals surface area (Å²) >= 11 is 0. The highest BCUT2D eigenvalue weighted by Crippen LogP contribution is 2.31. The number of aromatic amines is 1. The van der Waals surface area contributed by atoms with Gasteiger partial charge in [-0.25, -0.2) is 18.7 Å². The summed E-state index contributed by atoms with van der Waals surface area (Å²) in [6.07, 6.45) is 1.54. The van der Waals surface area contributed by atoms with Crippen LogP contribution in [0, 0.1) is 11.6 Å². The summed E-state index contributed by atoms with van der Waals surface area (Å²) in [6, 6.07) is 11.0. The quantitative estimate of drug-likeness (QED) is 0.580. The molecule has 3 N–H and O–H groups in total. The molecule has 0 aliphatic heterocycles. The number of nitrogens with two attached hydrogens (primary N) is 1. The number of nitrogen functional groups attached to an aromatic ring is 1. The average Bonchev–Trinajstić information content (AvgIpc) is 3.05. The normalized spacial score (nSPS) is 11.0. The SMILES string of the molecule is COc1ccc(-c2cc(N)nc(-c3c[nH]c4c(F)cc(F)cc34)n2)cc1. The van der Waals surface area contributed by atoms with Gasteiger partial charge in [0, 0.05) is 34.8 Å². The molecule has 0 radical (unpaired) electrons. The van der Waals surface area contributed by atoms with Crippen LogP contribution in [0.25, 0.3) is 33.5 Å². The van der Waals surface area contributed by atoms with E-state index < -0.39 is 11.6 Å². The van der Waals surface area contributed by atoms with Crippen LogP contribution in [-0.4, -0.2) is 22.1 Å². The third kappa shape index (κ3) is 2.73. The van der Waals surface area contributed by atoms with Gasteiger partial charge >= 0.3 is 0 Å². The second-order valence-electron chi connectivity index (χ2n) is 5.74. The van der Waals surface area contributed by atoms with E-state index in [1.165, 1.54) is 6.07 Å². The minimum Gasteiger partial charge on any atom is -0.497 e. The van der Waals surface area contributed by atoms with Crippen molar-refractivity contribution in [3.05, 3.63) is 60.3 Å². The van der Waals surface area contributed by atoms with Crippen LogP contribution >= 0.6 is 0 Å². The lowest BCUT2D eigenvalue weighted by Crippen LogP contribution is -1.98. The lowest BCUT2D eigenvalue weighted by atomic mass is 10.1. The molecule has 0 atom stereocenters. The smallest absolute Gasteiger partial charge is 0.164 e. The maximum Gasteiger partial charge on any atom is 0.164 e. The molecule has 2 heterocycles. The predicted molar refractivity (Wildman–Crippen MR) is 95.6 cm³/mol. The molecule has 0 aliphatic carbocycles. The number of nitrogens with zero attached hydrogens (tertiary/aromatic N) is 2. The highest BCUT2D eigenvalue weighted by molar-refractivity contribution is 5.94. The molecule has 0 saturated heterocycles. The van der Waals surface area contributed by atoms with Crippen LogP contribution in [0.3, 0.4) is 0 Å². The number of fused-ring (bicyclic) bond motifs is 1. The molecule has 0 bridgehead atoms. The van der Waals surface area contributed by atoms with Gasteiger partial charge < -0.3 is 15.5 Å². The van der Waals surface area contributed by atoms with Crippen molar-refractivity contribution in [2.75, 3.05) is 12.8 Å². The monoisotopic (exact) mass is 352 g/mol. The van der Waals surface area contributed by atoms with E-state index in [0.717, 1.165) is 17.4 Å². The number of rotatable bonds is 3. The fourth-order valence-corrected chi connectivity index (χ4v) is 2.84. The van der Waals surface area contributed by atoms with Gasteiger partial charge in [0.2, 0.25) is 0 Å². The zero-order valence-electron chi connectivity index (χ0n) is 13.8. The first-order chi connectivity index (χ1) is 12.5. The summed E-state index contributed by atoms with van der Waals surface area (Å²) in [5.74, 6) is -0.0849. The second kappa shape index (κ2) is 6.11. The molecule has 0 aliphatic rings. The molecule has 2 aromatic carbocycles. The third-order valence-corrected chi connectivity index (χ3v) is 4.08. The Labute approximate surface area is 147 Å². The number of benzene rings is 2. The molecule has 5 nitrogen and oxygen atoms in total. The summed E-state index contributed by atoms with van der Waals surface area (Å²) in [5, 5.41) is 0.355. The predicted octanol–water partition coefficient (Wildman–Crippen LogP) is 4.16. The van der Waals surface area contributed by atoms with E-state index in [1.54, 1.807) is 19.4 Å². The van der Waals surface area contributed by atoms with E-state index in [0.29, 0.717) is 16.6 Å². The summed E-state index contributed by atoms with van der Waals surface area (Å²) < 4.78 is 32.7. The molecule has 7 heteroatoms. The summed E-state index contributed by atoms with van der Waals surface area (Å²) in [4.78, 5) is 11.5. The van der Waals surface area contributed by atoms with Gasteiger partial charge in [0.15, 0.2) is 5.82 Å². The number of H-pyrrole nitrogens is 1. The Bertz CT molecular complexity index is 1110. The molecule has 0 fully saturated rings. The molecule has 0 amide bonds. The number of nitrogens with one attached hydrogen (secondary N) is 1. The molecular weight excluding hydrogens is 338 g/mol. The molecule has 26 heavy (non-hydrogen) atoms. The van der Waals surface area contributed by atoms with E-state index in [1.807, 2.05) is 24.3 Å². The first-order valence-corrected chi connectivity index (χ1v) is 7.80. The van der Waals surface area contributed by atoms with Gasteiger partial charge in [-0.3, -0.25) is 0 Å². The number of aromatic nitrogens is 3. The van der Waals surface area contributed by atoms with Crippen LogP contribution in [0.15, 0.2) is 48.7 Å². The summed E-state index contributed by atoms with van der Waals surface area (Å²) in [7, 11) is 1.59. The van der Waals surface area contributed by atoms with E-state index in [9.17, 15) is 8.78 Å². The van der Waals surface area contributed by atoms with Crippen molar-refractivity contribution in [1.29, 1.82) is 0 Å². The van der Waals surface area contributed by atoms with E-state index in [-0.39, 0.29) is 17.2 Å². The van der Waals surface area contributed by atoms with E-state index in [2.05, 4.69) is 15.0 Å². The summed E-state index contributed by atoms with van der Waals surface area (Å²) in [6.45, 7) is 0. The van der Waals surface area contributed by atoms with Crippen molar-refractivity contribution in [2.24, 2.45) is 0 Å². The number of anilines is 1. The number of halogens is 2. The molecule has 2 aromatic heterocycles. The largest absolute Gasteiger partial charge is 0.497 e. The Balaban J connectivity index is 1.86. The first kappa shape index (κ1) is 16.0. The van der Waals surface area contributed by atoms with Crippen LogP contribution < -0.4 is 10.5 Å². The zero-order chi connectivity index (χ0) is 18.3. The lowest BCUT2D eigenvalue weighted by molar-refractivity contribution is 0.415. The Morgan fingerprint density at radius 2 is 1.81 bits per heavy atom. The van der Waals surface area contributed by atoms with Crippen LogP contribution in [0.1, 0.15) is 0 Å². The van der Waals surface area contributed by atoms with Crippen molar-refractivity contribution < 1.29 is 13.5 Å². The molecule has 4 rings (SSSR count). The van der Waals surface area contributed by atoms with E-state index in [4.69, 9.17) is 10.5 Å². The highest BCUT2D eigenvalue weighted by Gasteiger charge is 2.15. The zero-order valence-corrected chi connectivity index (χ0v) is 13.8. The second-order valence-corrected chi connectivity index (χ2v) is 5.74. The number of methoxy groups -OCH3 is 1. The van der Waals surface area contributed by atoms with Crippen molar-refractivity contribution in [3.63, 3.8) is 0 Å². The van der Waals surface area contributed by atoms with Gasteiger partial charge in [0.25, 0.3) is 0 Å². The fourth-order valence-electron chi connectivity index (χ4n) is 2.84. The van der Waals surface area contributed by atoms with Gasteiger partial charge in [-0.2, -0.15) is 0 Å². The molecule has 0 saturated carbocycles. The Morgan fingerprint density at radius 3 is 2.54 bits per heavy atom. The van der Waals surface area contributed by atoms with Gasteiger partial charge in [-0.15, -0.1) is 0 Å². The Kier molecular flexibility index (Phi) is 3.76. The third-order valence-electron chi connectivity index (χ3n) is 4.08. The summed E-state index contributed by atoms with van der Waals surface area (Å²) in [5.41, 5.74) is 8.01. The maximum atomic E-state index is 13.9. The standard InChI is InChI=1S/C19H14F2N4O/c1-26-12-4-2-10(3-5-12)16-8-17(22)25-19(24-16)14-9-23-18-13(14)6-11(20)7-15(18)21/h2-9,23H,1H3,(H2,22,24,25). The number of hydrogen-bond acceptors (Lipinski definition) is 4. The molecule has 4 aromatic rings. The van der Waals surface area contributed by atoms with Gasteiger partial charge in [0.05, 0.1) is 18.3 Å². The van der Waals surface area contributed by atoms with Crippen LogP contribution in [0.2, 0.25) is 0 Å². The van der Waals surface area contributed by atoms with Crippen molar-refractivity contribution in [2.45, 2.75) is 0 Å². The lowest BCUT2D eigenvalue weighted by Gasteiger charge is -2.07. The fraction of sp³-hybridized carbons (Fsp3) is 0.0526.